The summed E-state index contributed by atoms with van der Waals surface area (Å²) >= 11 is 13.7. The molecule has 0 unspecified atom stereocenters. The first-order valence-corrected chi connectivity index (χ1v) is 10.4. The van der Waals surface area contributed by atoms with Crippen LogP contribution in [0.1, 0.15) is 0 Å². The molecule has 100 valence electrons. The van der Waals surface area contributed by atoms with Crippen molar-refractivity contribution in [3.8, 4) is 0 Å². The normalized spacial score (nSPS) is 11.5. The molecule has 2 aromatic rings. The van der Waals surface area contributed by atoms with Crippen LogP contribution in [-0.2, 0) is 4.57 Å². The molecule has 7 heteroatoms. The molecule has 0 aliphatic heterocycles. The molecule has 0 saturated carbocycles. The van der Waals surface area contributed by atoms with Gasteiger partial charge in [0.1, 0.15) is 0 Å². The number of hydrogen-bond donors (Lipinski definition) is 1. The van der Waals surface area contributed by atoms with Crippen LogP contribution in [0.3, 0.4) is 0 Å². The lowest BCUT2D eigenvalue weighted by molar-refractivity contribution is 0.514. The van der Waals surface area contributed by atoms with E-state index >= 15 is 0 Å². The zero-order valence-corrected chi connectivity index (χ0v) is 13.5. The Balaban J connectivity index is 2.18. The van der Waals surface area contributed by atoms with Crippen LogP contribution >= 0.6 is 51.7 Å². The molecule has 2 aromatic carbocycles. The molecule has 0 atom stereocenters. The molecule has 2 nitrogen and oxygen atoms in total. The fourth-order valence-electron chi connectivity index (χ4n) is 1.30. The van der Waals surface area contributed by atoms with Crippen LogP contribution in [0, 0.1) is 0 Å². The molecule has 0 radical (unpaired) electrons. The summed E-state index contributed by atoms with van der Waals surface area (Å²) in [4.78, 5) is 11.2. The zero-order chi connectivity index (χ0) is 13.9. The first-order valence-electron chi connectivity index (χ1n) is 5.19. The Labute approximate surface area is 129 Å². The Bertz CT molecular complexity index is 585. The van der Waals surface area contributed by atoms with E-state index < -0.39 is 5.77 Å². The van der Waals surface area contributed by atoms with Crippen molar-refractivity contribution in [3.05, 3.63) is 58.6 Å². The monoisotopic (exact) mass is 350 g/mol. The van der Waals surface area contributed by atoms with Gasteiger partial charge in [0, 0.05) is 9.79 Å². The fraction of sp³-hybridized carbons (Fsp3) is 0. The summed E-state index contributed by atoms with van der Waals surface area (Å²) in [6.45, 7) is 0. The van der Waals surface area contributed by atoms with Crippen LogP contribution in [0.2, 0.25) is 10.0 Å². The van der Waals surface area contributed by atoms with Gasteiger partial charge in [-0.1, -0.05) is 47.5 Å². The van der Waals surface area contributed by atoms with Crippen LogP contribution in [0.5, 0.6) is 0 Å². The van der Waals surface area contributed by atoms with Gasteiger partial charge in [-0.2, -0.15) is 0 Å². The minimum absolute atomic E-state index is 0.460. The van der Waals surface area contributed by atoms with Gasteiger partial charge in [-0.15, -0.1) is 0 Å². The van der Waals surface area contributed by atoms with Crippen molar-refractivity contribution in [3.63, 3.8) is 0 Å². The van der Waals surface area contributed by atoms with Crippen molar-refractivity contribution >= 4 is 51.7 Å². The van der Waals surface area contributed by atoms with Crippen molar-refractivity contribution in [1.82, 2.24) is 0 Å². The second-order valence-corrected chi connectivity index (χ2v) is 11.3. The molecule has 2 rings (SSSR count). The van der Waals surface area contributed by atoms with Crippen molar-refractivity contribution in [2.24, 2.45) is 0 Å². The van der Waals surface area contributed by atoms with Gasteiger partial charge in [-0.3, -0.25) is 4.57 Å². The van der Waals surface area contributed by atoms with Crippen LogP contribution in [-0.4, -0.2) is 4.89 Å². The van der Waals surface area contributed by atoms with E-state index in [1.807, 2.05) is 0 Å². The molecule has 1 N–H and O–H groups in total. The van der Waals surface area contributed by atoms with Gasteiger partial charge in [0.15, 0.2) is 0 Å². The maximum atomic E-state index is 12.2. The Hall–Kier alpha value is -0.0900. The Morgan fingerprint density at radius 2 is 1.21 bits per heavy atom. The van der Waals surface area contributed by atoms with Crippen molar-refractivity contribution in [2.75, 3.05) is 0 Å². The zero-order valence-electron chi connectivity index (χ0n) is 9.49. The highest BCUT2D eigenvalue weighted by molar-refractivity contribution is 8.89. The second-order valence-electron chi connectivity index (χ2n) is 3.51. The van der Waals surface area contributed by atoms with E-state index in [0.717, 1.165) is 22.8 Å². The Kier molecular flexibility index (Phi) is 5.29. The van der Waals surface area contributed by atoms with Crippen LogP contribution in [0.4, 0.5) is 0 Å². The van der Waals surface area contributed by atoms with E-state index in [1.54, 1.807) is 48.5 Å². The SMILES string of the molecule is O=P(O)(Sc1ccccc1Cl)Sc1ccccc1Cl. The molecule has 0 heterocycles. The summed E-state index contributed by atoms with van der Waals surface area (Å²) < 4.78 is 12.2. The highest BCUT2D eigenvalue weighted by atomic mass is 35.5. The fourth-order valence-corrected chi connectivity index (χ4v) is 7.59. The average molecular weight is 351 g/mol. The van der Waals surface area contributed by atoms with Crippen LogP contribution in [0.25, 0.3) is 0 Å². The third-order valence-corrected chi connectivity index (χ3v) is 8.46. The van der Waals surface area contributed by atoms with Crippen LogP contribution in [0.15, 0.2) is 58.3 Å². The number of hydrogen-bond acceptors (Lipinski definition) is 3. The average Bonchev–Trinajstić information content (AvgIpc) is 2.35. The number of halogens is 2. The predicted molar refractivity (Wildman–Crippen MR) is 84.4 cm³/mol. The van der Waals surface area contributed by atoms with Gasteiger partial charge < -0.3 is 4.89 Å². The van der Waals surface area contributed by atoms with Crippen molar-refractivity contribution in [2.45, 2.75) is 9.79 Å². The topological polar surface area (TPSA) is 37.3 Å². The van der Waals surface area contributed by atoms with Gasteiger partial charge in [-0.05, 0) is 47.0 Å². The molecule has 0 amide bonds. The van der Waals surface area contributed by atoms with E-state index in [0.29, 0.717) is 19.8 Å². The minimum atomic E-state index is -3.53. The quantitative estimate of drug-likeness (QED) is 0.688. The third-order valence-electron chi connectivity index (χ3n) is 2.10. The minimum Gasteiger partial charge on any atom is -0.329 e. The molecule has 0 fully saturated rings. The number of benzene rings is 2. The lowest BCUT2D eigenvalue weighted by Gasteiger charge is -2.11. The molecule has 19 heavy (non-hydrogen) atoms. The smallest absolute Gasteiger partial charge is 0.320 e. The van der Waals surface area contributed by atoms with Gasteiger partial charge in [0.25, 0.3) is 0 Å². The summed E-state index contributed by atoms with van der Waals surface area (Å²) in [5.41, 5.74) is 0. The molecule has 0 aliphatic carbocycles. The Morgan fingerprint density at radius 1 is 0.842 bits per heavy atom. The summed E-state index contributed by atoms with van der Waals surface area (Å²) in [7, 11) is 0. The van der Waals surface area contributed by atoms with Gasteiger partial charge in [-0.25, -0.2) is 0 Å². The maximum absolute atomic E-state index is 12.2. The van der Waals surface area contributed by atoms with E-state index in [4.69, 9.17) is 23.2 Å². The standard InChI is InChI=1S/C12H9Cl2O2PS2/c13-9-5-1-3-7-11(9)18-17(15,16)19-12-8-4-2-6-10(12)14/h1-8H,(H,15,16). The van der Waals surface area contributed by atoms with Crippen molar-refractivity contribution < 1.29 is 9.46 Å². The second kappa shape index (κ2) is 6.57. The van der Waals surface area contributed by atoms with Gasteiger partial charge in [0.2, 0.25) is 0 Å². The summed E-state index contributed by atoms with van der Waals surface area (Å²) in [6, 6.07) is 13.9. The lowest BCUT2D eigenvalue weighted by atomic mass is 10.4. The molecule has 0 saturated heterocycles. The van der Waals surface area contributed by atoms with E-state index in [9.17, 15) is 9.46 Å². The third kappa shape index (κ3) is 4.45. The van der Waals surface area contributed by atoms with Gasteiger partial charge >= 0.3 is 5.77 Å². The molecule has 0 spiro atoms. The van der Waals surface area contributed by atoms with E-state index in [2.05, 4.69) is 0 Å². The number of rotatable bonds is 4. The van der Waals surface area contributed by atoms with Crippen LogP contribution < -0.4 is 0 Å². The molecule has 0 bridgehead atoms. The first kappa shape index (κ1) is 15.3. The summed E-state index contributed by atoms with van der Waals surface area (Å²) in [6.07, 6.45) is 0. The molecular formula is C12H9Cl2O2PS2. The predicted octanol–water partition coefficient (Wildman–Crippen LogP) is 5.98. The first-order chi connectivity index (χ1) is 8.98. The van der Waals surface area contributed by atoms with E-state index in [1.165, 1.54) is 0 Å². The Morgan fingerprint density at radius 3 is 1.58 bits per heavy atom. The molecule has 0 aromatic heterocycles. The van der Waals surface area contributed by atoms with Gasteiger partial charge in [0.05, 0.1) is 10.0 Å². The highest BCUT2D eigenvalue weighted by Gasteiger charge is 2.24. The molecular weight excluding hydrogens is 342 g/mol. The molecule has 0 aliphatic rings. The van der Waals surface area contributed by atoms with Crippen molar-refractivity contribution in [1.29, 1.82) is 0 Å². The maximum Gasteiger partial charge on any atom is 0.320 e. The van der Waals surface area contributed by atoms with E-state index in [-0.39, 0.29) is 0 Å². The highest BCUT2D eigenvalue weighted by Crippen LogP contribution is 2.71. The summed E-state index contributed by atoms with van der Waals surface area (Å²) in [5.74, 6) is -3.53. The summed E-state index contributed by atoms with van der Waals surface area (Å²) in [5, 5.41) is 0.920. The largest absolute Gasteiger partial charge is 0.329 e. The lowest BCUT2D eigenvalue weighted by Crippen LogP contribution is -1.76.